The Morgan fingerprint density at radius 2 is 2.11 bits per heavy atom. The normalized spacial score (nSPS) is 10.7. The Morgan fingerprint density at radius 3 is 2.89 bits per heavy atom. The van der Waals surface area contributed by atoms with E-state index in [-0.39, 0.29) is 5.69 Å². The van der Waals surface area contributed by atoms with Crippen LogP contribution >= 0.6 is 0 Å². The number of fused-ring (bicyclic) bond motifs is 1. The molecule has 0 bridgehead atoms. The summed E-state index contributed by atoms with van der Waals surface area (Å²) in [6, 6.07) is 9.53. The Morgan fingerprint density at radius 1 is 1.22 bits per heavy atom. The molecule has 5 nitrogen and oxygen atoms in total. The van der Waals surface area contributed by atoms with Crippen LogP contribution in [0.2, 0.25) is 0 Å². The zero-order chi connectivity index (χ0) is 12.5. The van der Waals surface area contributed by atoms with Crippen LogP contribution in [0.1, 0.15) is 10.5 Å². The number of carboxylic acid groups (broad SMARTS) is 1. The van der Waals surface area contributed by atoms with Crippen LogP contribution in [-0.4, -0.2) is 25.6 Å². The number of rotatable bonds is 2. The maximum absolute atomic E-state index is 10.8. The van der Waals surface area contributed by atoms with Gasteiger partial charge in [0.1, 0.15) is 6.33 Å². The lowest BCUT2D eigenvalue weighted by Gasteiger charge is -2.03. The maximum Gasteiger partial charge on any atom is 0.356 e. The number of aromatic carboxylic acids is 1. The van der Waals surface area contributed by atoms with Gasteiger partial charge in [-0.25, -0.2) is 9.78 Å². The first-order valence-corrected chi connectivity index (χ1v) is 5.36. The van der Waals surface area contributed by atoms with Gasteiger partial charge in [0.15, 0.2) is 5.69 Å². The molecule has 0 aliphatic rings. The van der Waals surface area contributed by atoms with Crippen LogP contribution in [0.5, 0.6) is 0 Å². The van der Waals surface area contributed by atoms with Crippen molar-refractivity contribution in [2.45, 2.75) is 0 Å². The van der Waals surface area contributed by atoms with Crippen LogP contribution in [0.25, 0.3) is 16.6 Å². The molecule has 0 saturated heterocycles. The highest BCUT2D eigenvalue weighted by Crippen LogP contribution is 2.16. The number of hydrogen-bond acceptors (Lipinski definition) is 3. The van der Waals surface area contributed by atoms with E-state index in [2.05, 4.69) is 9.97 Å². The molecule has 3 rings (SSSR count). The molecule has 0 aliphatic carbocycles. The average Bonchev–Trinajstić information content (AvgIpc) is 2.88. The van der Waals surface area contributed by atoms with Gasteiger partial charge in [0, 0.05) is 23.5 Å². The van der Waals surface area contributed by atoms with Gasteiger partial charge >= 0.3 is 5.97 Å². The summed E-state index contributed by atoms with van der Waals surface area (Å²) in [5.41, 5.74) is 1.79. The van der Waals surface area contributed by atoms with Gasteiger partial charge < -0.3 is 9.67 Å². The van der Waals surface area contributed by atoms with E-state index in [0.717, 1.165) is 16.6 Å². The van der Waals surface area contributed by atoms with E-state index in [1.54, 1.807) is 10.8 Å². The van der Waals surface area contributed by atoms with Crippen LogP contribution in [0, 0.1) is 0 Å². The molecule has 0 fully saturated rings. The second-order valence-electron chi connectivity index (χ2n) is 3.85. The van der Waals surface area contributed by atoms with Gasteiger partial charge in [0.25, 0.3) is 0 Å². The van der Waals surface area contributed by atoms with Crippen LogP contribution in [0.4, 0.5) is 0 Å². The summed E-state index contributed by atoms with van der Waals surface area (Å²) in [6.07, 6.45) is 4.71. The van der Waals surface area contributed by atoms with Crippen molar-refractivity contribution < 1.29 is 9.90 Å². The van der Waals surface area contributed by atoms with E-state index < -0.39 is 5.97 Å². The summed E-state index contributed by atoms with van der Waals surface area (Å²) in [5, 5.41) is 9.83. The molecule has 0 radical (unpaired) electrons. The number of hydrogen-bond donors (Lipinski definition) is 1. The molecule has 2 heterocycles. The SMILES string of the molecule is O=C(O)c1cn(-c2ccc3ncccc3c2)cn1. The fourth-order valence-electron chi connectivity index (χ4n) is 1.80. The van der Waals surface area contributed by atoms with Gasteiger partial charge in [-0.05, 0) is 24.3 Å². The van der Waals surface area contributed by atoms with E-state index in [1.165, 1.54) is 12.5 Å². The molecule has 88 valence electrons. The fourth-order valence-corrected chi connectivity index (χ4v) is 1.80. The van der Waals surface area contributed by atoms with E-state index >= 15 is 0 Å². The van der Waals surface area contributed by atoms with Crippen molar-refractivity contribution >= 4 is 16.9 Å². The first kappa shape index (κ1) is 10.5. The van der Waals surface area contributed by atoms with Crippen LogP contribution < -0.4 is 0 Å². The van der Waals surface area contributed by atoms with Crippen molar-refractivity contribution in [2.24, 2.45) is 0 Å². The molecule has 5 heteroatoms. The Kier molecular flexibility index (Phi) is 2.30. The van der Waals surface area contributed by atoms with E-state index in [9.17, 15) is 4.79 Å². The molecule has 0 amide bonds. The number of aromatic nitrogens is 3. The van der Waals surface area contributed by atoms with Gasteiger partial charge in [-0.15, -0.1) is 0 Å². The number of benzene rings is 1. The summed E-state index contributed by atoms with van der Waals surface area (Å²) in [4.78, 5) is 18.8. The van der Waals surface area contributed by atoms with Crippen molar-refractivity contribution in [3.63, 3.8) is 0 Å². The van der Waals surface area contributed by atoms with Crippen LogP contribution in [0.3, 0.4) is 0 Å². The second-order valence-corrected chi connectivity index (χ2v) is 3.85. The second kappa shape index (κ2) is 3.96. The zero-order valence-electron chi connectivity index (χ0n) is 9.32. The van der Waals surface area contributed by atoms with Crippen LogP contribution in [0.15, 0.2) is 49.1 Å². The Balaban J connectivity index is 2.10. The zero-order valence-corrected chi connectivity index (χ0v) is 9.32. The quantitative estimate of drug-likeness (QED) is 0.743. The Hall–Kier alpha value is -2.69. The average molecular weight is 239 g/mol. The molecule has 0 atom stereocenters. The summed E-state index contributed by atoms with van der Waals surface area (Å²) in [7, 11) is 0. The summed E-state index contributed by atoms with van der Waals surface area (Å²) in [6.45, 7) is 0. The predicted octanol–water partition coefficient (Wildman–Crippen LogP) is 2.12. The van der Waals surface area contributed by atoms with Gasteiger partial charge in [-0.1, -0.05) is 6.07 Å². The molecule has 0 unspecified atom stereocenters. The molecule has 2 aromatic heterocycles. The Labute approximate surface area is 102 Å². The first-order chi connectivity index (χ1) is 8.74. The topological polar surface area (TPSA) is 68.0 Å². The molecule has 0 aliphatic heterocycles. The van der Waals surface area contributed by atoms with Gasteiger partial charge in [-0.3, -0.25) is 4.98 Å². The predicted molar refractivity (Wildman–Crippen MR) is 65.8 cm³/mol. The largest absolute Gasteiger partial charge is 0.476 e. The molecular weight excluding hydrogens is 230 g/mol. The van der Waals surface area contributed by atoms with Gasteiger partial charge in [-0.2, -0.15) is 0 Å². The maximum atomic E-state index is 10.8. The molecular formula is C13H9N3O2. The smallest absolute Gasteiger partial charge is 0.356 e. The van der Waals surface area contributed by atoms with Crippen molar-refractivity contribution in [2.75, 3.05) is 0 Å². The standard InChI is InChI=1S/C13H9N3O2/c17-13(18)12-7-16(8-15-12)10-3-4-11-9(6-10)2-1-5-14-11/h1-8H,(H,17,18). The number of carbonyl (C=O) groups is 1. The lowest BCUT2D eigenvalue weighted by molar-refractivity contribution is 0.0691. The third-order valence-corrected chi connectivity index (χ3v) is 2.69. The number of imidazole rings is 1. The van der Waals surface area contributed by atoms with E-state index in [4.69, 9.17) is 5.11 Å². The van der Waals surface area contributed by atoms with Crippen molar-refractivity contribution in [1.29, 1.82) is 0 Å². The monoisotopic (exact) mass is 239 g/mol. The lowest BCUT2D eigenvalue weighted by atomic mass is 10.2. The highest BCUT2D eigenvalue weighted by Gasteiger charge is 2.07. The molecule has 18 heavy (non-hydrogen) atoms. The van der Waals surface area contributed by atoms with Gasteiger partial charge in [0.2, 0.25) is 0 Å². The fraction of sp³-hybridized carbons (Fsp3) is 0. The molecule has 0 spiro atoms. The van der Waals surface area contributed by atoms with Crippen LogP contribution in [-0.2, 0) is 0 Å². The number of nitrogens with zero attached hydrogens (tertiary/aromatic N) is 3. The van der Waals surface area contributed by atoms with Crippen molar-refractivity contribution in [3.8, 4) is 5.69 Å². The minimum absolute atomic E-state index is 0.0290. The third kappa shape index (κ3) is 1.71. The number of carboxylic acids is 1. The summed E-state index contributed by atoms with van der Waals surface area (Å²) >= 11 is 0. The first-order valence-electron chi connectivity index (χ1n) is 5.36. The summed E-state index contributed by atoms with van der Waals surface area (Å²) in [5.74, 6) is -1.03. The minimum atomic E-state index is -1.03. The minimum Gasteiger partial charge on any atom is -0.476 e. The third-order valence-electron chi connectivity index (χ3n) is 2.69. The Bertz CT molecular complexity index is 734. The molecule has 1 aromatic carbocycles. The molecule has 0 saturated carbocycles. The molecule has 1 N–H and O–H groups in total. The number of pyridine rings is 1. The molecule has 3 aromatic rings. The van der Waals surface area contributed by atoms with Crippen molar-refractivity contribution in [1.82, 2.24) is 14.5 Å². The lowest BCUT2D eigenvalue weighted by Crippen LogP contribution is -1.96. The highest BCUT2D eigenvalue weighted by atomic mass is 16.4. The van der Waals surface area contributed by atoms with Crippen molar-refractivity contribution in [3.05, 3.63) is 54.7 Å². The highest BCUT2D eigenvalue weighted by molar-refractivity contribution is 5.85. The van der Waals surface area contributed by atoms with E-state index in [0.29, 0.717) is 0 Å². The summed E-state index contributed by atoms with van der Waals surface area (Å²) < 4.78 is 1.68. The van der Waals surface area contributed by atoms with Gasteiger partial charge in [0.05, 0.1) is 5.52 Å². The van der Waals surface area contributed by atoms with E-state index in [1.807, 2.05) is 30.3 Å².